The van der Waals surface area contributed by atoms with Crippen LogP contribution in [0.15, 0.2) is 24.3 Å². The first-order valence-electron chi connectivity index (χ1n) is 8.77. The second kappa shape index (κ2) is 8.61. The van der Waals surface area contributed by atoms with E-state index in [9.17, 15) is 0 Å². The molecule has 0 bridgehead atoms. The van der Waals surface area contributed by atoms with E-state index in [1.54, 1.807) is 0 Å². The largest absolute Gasteiger partial charge is 0.0808 e. The van der Waals surface area contributed by atoms with Crippen molar-refractivity contribution < 1.29 is 0 Å². The summed E-state index contributed by atoms with van der Waals surface area (Å²) in [5.74, 6) is 2.75. The Kier molecular flexibility index (Phi) is 6.74. The summed E-state index contributed by atoms with van der Waals surface area (Å²) in [6, 6.07) is 0. The Morgan fingerprint density at radius 1 is 0.789 bits per heavy atom. The minimum absolute atomic E-state index is 0.879. The van der Waals surface area contributed by atoms with Crippen LogP contribution in [-0.4, -0.2) is 0 Å². The zero-order valence-electron chi connectivity index (χ0n) is 12.8. The molecule has 3 unspecified atom stereocenters. The molecule has 0 nitrogen and oxygen atoms in total. The van der Waals surface area contributed by atoms with Crippen LogP contribution in [0.5, 0.6) is 0 Å². The van der Waals surface area contributed by atoms with Crippen LogP contribution in [0.3, 0.4) is 0 Å². The van der Waals surface area contributed by atoms with E-state index in [-0.39, 0.29) is 0 Å². The van der Waals surface area contributed by atoms with Gasteiger partial charge >= 0.3 is 0 Å². The van der Waals surface area contributed by atoms with Crippen LogP contribution in [0.4, 0.5) is 0 Å². The Bertz CT molecular complexity index is 286. The van der Waals surface area contributed by atoms with Gasteiger partial charge in [0.05, 0.1) is 0 Å². The lowest BCUT2D eigenvalue weighted by atomic mass is 9.84. The van der Waals surface area contributed by atoms with Crippen molar-refractivity contribution in [1.82, 2.24) is 0 Å². The van der Waals surface area contributed by atoms with Crippen LogP contribution < -0.4 is 0 Å². The summed E-state index contributed by atoms with van der Waals surface area (Å²) in [6.07, 6.45) is 25.5. The number of rotatable bonds is 9. The number of allylic oxidation sites excluding steroid dienone is 4. The smallest absolute Gasteiger partial charge is 0.0139 e. The molecule has 0 aromatic carbocycles. The first kappa shape index (κ1) is 14.9. The molecule has 0 aromatic heterocycles. The summed E-state index contributed by atoms with van der Waals surface area (Å²) < 4.78 is 0. The van der Waals surface area contributed by atoms with E-state index < -0.39 is 0 Å². The summed E-state index contributed by atoms with van der Waals surface area (Å²) in [6.45, 7) is 2.30. The Labute approximate surface area is 120 Å². The molecule has 108 valence electrons. The highest BCUT2D eigenvalue weighted by molar-refractivity contribution is 5.17. The normalized spacial score (nSPS) is 28.8. The maximum atomic E-state index is 2.48. The molecule has 2 aliphatic carbocycles. The molecule has 0 saturated heterocycles. The van der Waals surface area contributed by atoms with Crippen LogP contribution >= 0.6 is 0 Å². The molecule has 2 aliphatic rings. The van der Waals surface area contributed by atoms with Gasteiger partial charge in [0.25, 0.3) is 0 Å². The highest BCUT2D eigenvalue weighted by Gasteiger charge is 2.32. The Hall–Kier alpha value is -0.520. The van der Waals surface area contributed by atoms with Crippen LogP contribution in [0, 0.1) is 17.8 Å². The summed E-state index contributed by atoms with van der Waals surface area (Å²) >= 11 is 0. The zero-order chi connectivity index (χ0) is 13.3. The average molecular weight is 260 g/mol. The average Bonchev–Trinajstić information content (AvgIpc) is 2.85. The molecule has 0 amide bonds. The second-order valence-corrected chi connectivity index (χ2v) is 6.61. The Morgan fingerprint density at radius 3 is 2.26 bits per heavy atom. The van der Waals surface area contributed by atoms with Crippen LogP contribution in [0.1, 0.15) is 77.6 Å². The highest BCUT2D eigenvalue weighted by atomic mass is 14.4. The Balaban J connectivity index is 1.50. The fourth-order valence-electron chi connectivity index (χ4n) is 3.94. The van der Waals surface area contributed by atoms with Gasteiger partial charge in [0, 0.05) is 0 Å². The molecule has 0 N–H and O–H groups in total. The van der Waals surface area contributed by atoms with Gasteiger partial charge < -0.3 is 0 Å². The SMILES string of the molecule is CCCCCCCCCCC1CCC2C=CC=CC21. The van der Waals surface area contributed by atoms with Gasteiger partial charge in [-0.1, -0.05) is 82.6 Å². The van der Waals surface area contributed by atoms with Crippen LogP contribution in [0.25, 0.3) is 0 Å². The van der Waals surface area contributed by atoms with E-state index in [1.165, 1.54) is 70.6 Å². The number of unbranched alkanes of at least 4 members (excludes halogenated alkanes) is 7. The van der Waals surface area contributed by atoms with Gasteiger partial charge in [0.2, 0.25) is 0 Å². The third kappa shape index (κ3) is 4.82. The summed E-state index contributed by atoms with van der Waals surface area (Å²) in [5.41, 5.74) is 0. The fraction of sp³-hybridized carbons (Fsp3) is 0.789. The lowest BCUT2D eigenvalue weighted by Crippen LogP contribution is -2.12. The van der Waals surface area contributed by atoms with E-state index in [4.69, 9.17) is 0 Å². The molecule has 0 radical (unpaired) electrons. The maximum absolute atomic E-state index is 2.48. The van der Waals surface area contributed by atoms with Crippen LogP contribution in [0.2, 0.25) is 0 Å². The predicted molar refractivity (Wildman–Crippen MR) is 85.2 cm³/mol. The molecule has 0 aromatic rings. The molecule has 0 spiro atoms. The first-order valence-corrected chi connectivity index (χ1v) is 8.77. The van der Waals surface area contributed by atoms with Crippen LogP contribution in [-0.2, 0) is 0 Å². The van der Waals surface area contributed by atoms with Crippen molar-refractivity contribution in [2.45, 2.75) is 77.6 Å². The van der Waals surface area contributed by atoms with Crippen molar-refractivity contribution in [1.29, 1.82) is 0 Å². The molecule has 0 aliphatic heterocycles. The van der Waals surface area contributed by atoms with Gasteiger partial charge in [-0.2, -0.15) is 0 Å². The van der Waals surface area contributed by atoms with Gasteiger partial charge in [0.1, 0.15) is 0 Å². The number of hydrogen-bond donors (Lipinski definition) is 0. The van der Waals surface area contributed by atoms with Crippen molar-refractivity contribution in [3.63, 3.8) is 0 Å². The molecule has 0 heteroatoms. The fourth-order valence-corrected chi connectivity index (χ4v) is 3.94. The quantitative estimate of drug-likeness (QED) is 0.428. The minimum Gasteiger partial charge on any atom is -0.0808 e. The van der Waals surface area contributed by atoms with E-state index >= 15 is 0 Å². The van der Waals surface area contributed by atoms with Crippen molar-refractivity contribution in [3.8, 4) is 0 Å². The third-order valence-corrected chi connectivity index (χ3v) is 5.14. The predicted octanol–water partition coefficient (Wildman–Crippen LogP) is 6.29. The number of hydrogen-bond acceptors (Lipinski definition) is 0. The summed E-state index contributed by atoms with van der Waals surface area (Å²) in [5, 5.41) is 0. The zero-order valence-corrected chi connectivity index (χ0v) is 12.8. The highest BCUT2D eigenvalue weighted by Crippen LogP contribution is 2.42. The molecular formula is C19H32. The summed E-state index contributed by atoms with van der Waals surface area (Å²) in [7, 11) is 0. The monoisotopic (exact) mass is 260 g/mol. The van der Waals surface area contributed by atoms with Gasteiger partial charge in [-0.25, -0.2) is 0 Å². The lowest BCUT2D eigenvalue weighted by molar-refractivity contribution is 0.376. The molecule has 19 heavy (non-hydrogen) atoms. The van der Waals surface area contributed by atoms with Crippen molar-refractivity contribution >= 4 is 0 Å². The van der Waals surface area contributed by atoms with Crippen molar-refractivity contribution in [3.05, 3.63) is 24.3 Å². The molecule has 2 rings (SSSR count). The first-order chi connectivity index (χ1) is 9.42. The van der Waals surface area contributed by atoms with Gasteiger partial charge in [-0.05, 0) is 37.0 Å². The van der Waals surface area contributed by atoms with E-state index in [0.717, 1.165) is 17.8 Å². The van der Waals surface area contributed by atoms with Gasteiger partial charge in [-0.3, -0.25) is 0 Å². The van der Waals surface area contributed by atoms with E-state index in [2.05, 4.69) is 31.2 Å². The second-order valence-electron chi connectivity index (χ2n) is 6.61. The molecule has 1 fully saturated rings. The van der Waals surface area contributed by atoms with Crippen molar-refractivity contribution in [2.24, 2.45) is 17.8 Å². The Morgan fingerprint density at radius 2 is 1.47 bits per heavy atom. The molecule has 0 heterocycles. The standard InChI is InChI=1S/C19H32/c1-2-3-4-5-6-7-8-9-12-17-15-16-18-13-10-11-14-19(17)18/h10-11,13-14,17-19H,2-9,12,15-16H2,1H3. The van der Waals surface area contributed by atoms with E-state index in [0.29, 0.717) is 0 Å². The molecule has 1 saturated carbocycles. The van der Waals surface area contributed by atoms with Crippen molar-refractivity contribution in [2.75, 3.05) is 0 Å². The number of fused-ring (bicyclic) bond motifs is 1. The minimum atomic E-state index is 0.879. The maximum Gasteiger partial charge on any atom is -0.0139 e. The summed E-state index contributed by atoms with van der Waals surface area (Å²) in [4.78, 5) is 0. The lowest BCUT2D eigenvalue weighted by Gasteiger charge is -2.21. The van der Waals surface area contributed by atoms with Gasteiger partial charge in [-0.15, -0.1) is 0 Å². The molecular weight excluding hydrogens is 228 g/mol. The third-order valence-electron chi connectivity index (χ3n) is 5.14. The van der Waals surface area contributed by atoms with Gasteiger partial charge in [0.15, 0.2) is 0 Å². The topological polar surface area (TPSA) is 0 Å². The van der Waals surface area contributed by atoms with E-state index in [1.807, 2.05) is 0 Å². The molecule has 3 atom stereocenters.